The summed E-state index contributed by atoms with van der Waals surface area (Å²) >= 11 is 1.24. The van der Waals surface area contributed by atoms with Crippen LogP contribution in [0.5, 0.6) is 0 Å². The van der Waals surface area contributed by atoms with E-state index in [1.165, 1.54) is 11.3 Å². The molecule has 1 aliphatic rings. The standard InChI is InChI=1S/C15H15N3O4S2/c1-9-10(2)23-15(16-9)17-24(21,22)8-7-18-13(19)11-5-3-4-6-12(11)14(18)20/h3-6H,7-8H2,1-2H3,(H,16,17). The predicted molar refractivity (Wildman–Crippen MR) is 90.8 cm³/mol. The number of aryl methyl sites for hydroxylation is 2. The number of rotatable bonds is 5. The Morgan fingerprint density at radius 1 is 1.12 bits per heavy atom. The van der Waals surface area contributed by atoms with Gasteiger partial charge in [0.25, 0.3) is 11.8 Å². The zero-order valence-corrected chi connectivity index (χ0v) is 14.7. The summed E-state index contributed by atoms with van der Waals surface area (Å²) < 4.78 is 26.7. The molecule has 0 fully saturated rings. The Labute approximate surface area is 143 Å². The number of aromatic nitrogens is 1. The van der Waals surface area contributed by atoms with Crippen LogP contribution in [-0.2, 0) is 10.0 Å². The smallest absolute Gasteiger partial charge is 0.261 e. The quantitative estimate of drug-likeness (QED) is 0.815. The van der Waals surface area contributed by atoms with Gasteiger partial charge in [0.1, 0.15) is 0 Å². The summed E-state index contributed by atoms with van der Waals surface area (Å²) in [6.07, 6.45) is 0. The Bertz CT molecular complexity index is 879. The molecule has 0 aliphatic carbocycles. The number of amides is 2. The maximum atomic E-state index is 12.2. The van der Waals surface area contributed by atoms with E-state index in [0.29, 0.717) is 11.1 Å². The number of fused-ring (bicyclic) bond motifs is 1. The average molecular weight is 365 g/mol. The van der Waals surface area contributed by atoms with Crippen LogP contribution in [0.2, 0.25) is 0 Å². The van der Waals surface area contributed by atoms with Crippen LogP contribution in [0.4, 0.5) is 5.13 Å². The molecular weight excluding hydrogens is 350 g/mol. The fourth-order valence-electron chi connectivity index (χ4n) is 2.35. The number of nitrogens with zero attached hydrogens (tertiary/aromatic N) is 2. The summed E-state index contributed by atoms with van der Waals surface area (Å²) in [4.78, 5) is 30.4. The van der Waals surface area contributed by atoms with Gasteiger partial charge in [-0.05, 0) is 26.0 Å². The molecule has 2 amide bonds. The van der Waals surface area contributed by atoms with Gasteiger partial charge in [0.2, 0.25) is 10.0 Å². The number of thiazole rings is 1. The summed E-state index contributed by atoms with van der Waals surface area (Å²) in [5.41, 5.74) is 1.37. The first-order valence-electron chi connectivity index (χ1n) is 7.18. The fraction of sp³-hybridized carbons (Fsp3) is 0.267. The van der Waals surface area contributed by atoms with E-state index < -0.39 is 21.8 Å². The van der Waals surface area contributed by atoms with Crippen LogP contribution in [0.15, 0.2) is 24.3 Å². The molecule has 0 unspecified atom stereocenters. The third-order valence-corrected chi connectivity index (χ3v) is 6.08. The van der Waals surface area contributed by atoms with Crippen molar-refractivity contribution < 1.29 is 18.0 Å². The molecular formula is C15H15N3O4S2. The number of benzene rings is 1. The van der Waals surface area contributed by atoms with Gasteiger partial charge in [-0.2, -0.15) is 0 Å². The maximum Gasteiger partial charge on any atom is 0.261 e. The summed E-state index contributed by atoms with van der Waals surface area (Å²) in [7, 11) is -3.71. The van der Waals surface area contributed by atoms with Gasteiger partial charge in [0.05, 0.1) is 22.6 Å². The summed E-state index contributed by atoms with van der Waals surface area (Å²) in [5, 5.41) is 0.285. The van der Waals surface area contributed by atoms with E-state index in [1.54, 1.807) is 31.2 Å². The number of hydrogen-bond donors (Lipinski definition) is 1. The van der Waals surface area contributed by atoms with E-state index in [-0.39, 0.29) is 17.4 Å². The van der Waals surface area contributed by atoms with Crippen molar-refractivity contribution in [3.8, 4) is 0 Å². The summed E-state index contributed by atoms with van der Waals surface area (Å²) in [5.74, 6) is -1.31. The molecule has 1 N–H and O–H groups in total. The Balaban J connectivity index is 1.69. The van der Waals surface area contributed by atoms with E-state index in [2.05, 4.69) is 9.71 Å². The van der Waals surface area contributed by atoms with Gasteiger partial charge in [-0.25, -0.2) is 13.4 Å². The zero-order chi connectivity index (χ0) is 17.5. The number of imide groups is 1. The van der Waals surface area contributed by atoms with Crippen LogP contribution < -0.4 is 4.72 Å². The summed E-state index contributed by atoms with van der Waals surface area (Å²) in [6.45, 7) is 3.44. The van der Waals surface area contributed by atoms with Crippen molar-refractivity contribution in [1.29, 1.82) is 0 Å². The Hall–Kier alpha value is -2.26. The number of anilines is 1. The molecule has 9 heteroatoms. The third kappa shape index (κ3) is 3.04. The second-order valence-corrected chi connectivity index (χ2v) is 8.43. The van der Waals surface area contributed by atoms with Gasteiger partial charge in [-0.3, -0.25) is 19.2 Å². The highest BCUT2D eigenvalue weighted by Gasteiger charge is 2.35. The van der Waals surface area contributed by atoms with Crippen LogP contribution in [-0.4, -0.2) is 42.4 Å². The Kier molecular flexibility index (Phi) is 4.14. The molecule has 0 bridgehead atoms. The van der Waals surface area contributed by atoms with Crippen LogP contribution in [0, 0.1) is 13.8 Å². The first-order chi connectivity index (χ1) is 11.3. The molecule has 3 rings (SSSR count). The van der Waals surface area contributed by atoms with Gasteiger partial charge in [0, 0.05) is 11.4 Å². The molecule has 24 heavy (non-hydrogen) atoms. The second kappa shape index (κ2) is 5.99. The van der Waals surface area contributed by atoms with Crippen molar-refractivity contribution in [2.24, 2.45) is 0 Å². The lowest BCUT2D eigenvalue weighted by atomic mass is 10.1. The molecule has 7 nitrogen and oxygen atoms in total. The zero-order valence-electron chi connectivity index (χ0n) is 13.1. The van der Waals surface area contributed by atoms with Gasteiger partial charge in [0.15, 0.2) is 5.13 Å². The highest BCUT2D eigenvalue weighted by molar-refractivity contribution is 7.92. The molecule has 0 radical (unpaired) electrons. The molecule has 0 saturated heterocycles. The number of sulfonamides is 1. The van der Waals surface area contributed by atoms with Gasteiger partial charge in [-0.15, -0.1) is 11.3 Å². The van der Waals surface area contributed by atoms with Crippen molar-refractivity contribution >= 4 is 38.3 Å². The Morgan fingerprint density at radius 3 is 2.21 bits per heavy atom. The van der Waals surface area contributed by atoms with Crippen LogP contribution in [0.3, 0.4) is 0 Å². The number of carbonyl (C=O) groups is 2. The lowest BCUT2D eigenvalue weighted by Gasteiger charge is -2.13. The first kappa shape index (κ1) is 16.6. The molecule has 2 heterocycles. The molecule has 1 aliphatic heterocycles. The molecule has 2 aromatic rings. The number of nitrogens with one attached hydrogen (secondary N) is 1. The predicted octanol–water partition coefficient (Wildman–Crippen LogP) is 1.80. The SMILES string of the molecule is Cc1nc(NS(=O)(=O)CCN2C(=O)c3ccccc3C2=O)sc1C. The average Bonchev–Trinajstić information content (AvgIpc) is 2.95. The highest BCUT2D eigenvalue weighted by Crippen LogP contribution is 2.24. The van der Waals surface area contributed by atoms with Crippen molar-refractivity contribution in [2.75, 3.05) is 17.0 Å². The number of carbonyl (C=O) groups excluding carboxylic acids is 2. The van der Waals surface area contributed by atoms with E-state index in [1.807, 2.05) is 6.92 Å². The Morgan fingerprint density at radius 2 is 1.71 bits per heavy atom. The number of hydrogen-bond acceptors (Lipinski definition) is 6. The third-order valence-electron chi connectivity index (χ3n) is 3.73. The molecule has 1 aromatic heterocycles. The minimum absolute atomic E-state index is 0.203. The van der Waals surface area contributed by atoms with Crippen molar-refractivity contribution in [3.05, 3.63) is 46.0 Å². The van der Waals surface area contributed by atoms with E-state index in [0.717, 1.165) is 15.5 Å². The van der Waals surface area contributed by atoms with E-state index in [9.17, 15) is 18.0 Å². The molecule has 0 saturated carbocycles. The lowest BCUT2D eigenvalue weighted by Crippen LogP contribution is -2.35. The van der Waals surface area contributed by atoms with E-state index in [4.69, 9.17) is 0 Å². The van der Waals surface area contributed by atoms with Gasteiger partial charge >= 0.3 is 0 Å². The minimum atomic E-state index is -3.71. The molecule has 0 spiro atoms. The lowest BCUT2D eigenvalue weighted by molar-refractivity contribution is 0.0664. The fourth-order valence-corrected chi connectivity index (χ4v) is 4.40. The van der Waals surface area contributed by atoms with Crippen molar-refractivity contribution in [2.45, 2.75) is 13.8 Å². The van der Waals surface area contributed by atoms with Gasteiger partial charge in [-0.1, -0.05) is 12.1 Å². The normalized spacial score (nSPS) is 14.2. The topological polar surface area (TPSA) is 96.4 Å². The summed E-state index contributed by atoms with van der Waals surface area (Å²) in [6, 6.07) is 6.45. The van der Waals surface area contributed by atoms with Crippen LogP contribution in [0.1, 0.15) is 31.3 Å². The molecule has 1 aromatic carbocycles. The van der Waals surface area contributed by atoms with Crippen molar-refractivity contribution in [3.63, 3.8) is 0 Å². The second-order valence-electron chi connectivity index (χ2n) is 5.39. The van der Waals surface area contributed by atoms with Crippen LogP contribution >= 0.6 is 11.3 Å². The monoisotopic (exact) mass is 365 g/mol. The molecule has 0 atom stereocenters. The van der Waals surface area contributed by atoms with E-state index >= 15 is 0 Å². The first-order valence-corrected chi connectivity index (χ1v) is 9.65. The van der Waals surface area contributed by atoms with Gasteiger partial charge < -0.3 is 0 Å². The minimum Gasteiger partial charge on any atom is -0.273 e. The molecule has 126 valence electrons. The maximum absolute atomic E-state index is 12.2. The van der Waals surface area contributed by atoms with Crippen molar-refractivity contribution in [1.82, 2.24) is 9.88 Å². The van der Waals surface area contributed by atoms with Crippen LogP contribution in [0.25, 0.3) is 0 Å². The highest BCUT2D eigenvalue weighted by atomic mass is 32.2. The largest absolute Gasteiger partial charge is 0.273 e.